The molecule has 0 spiro atoms. The Morgan fingerprint density at radius 2 is 1.64 bits per heavy atom. The minimum atomic E-state index is 0.170. The van der Waals surface area contributed by atoms with E-state index in [1.165, 1.54) is 44.9 Å². The highest BCUT2D eigenvalue weighted by atomic mass is 16.1. The maximum absolute atomic E-state index is 9.93. The predicted octanol–water partition coefficient (Wildman–Crippen LogP) is 3.85. The summed E-state index contributed by atoms with van der Waals surface area (Å²) in [6.45, 7) is 4.21. The maximum atomic E-state index is 9.93. The largest absolute Gasteiger partial charge is 0.235 e. The van der Waals surface area contributed by atoms with Gasteiger partial charge in [0.15, 0.2) is 0 Å². The zero-order chi connectivity index (χ0) is 10.6. The Balaban J connectivity index is 3.09. The minimum absolute atomic E-state index is 0.170. The minimum Gasteiger partial charge on any atom is -0.211 e. The molecular weight excluding hydrogens is 174 g/mol. The van der Waals surface area contributed by atoms with E-state index in [4.69, 9.17) is 0 Å². The van der Waals surface area contributed by atoms with Crippen LogP contribution in [0.4, 0.5) is 0 Å². The lowest BCUT2D eigenvalue weighted by Gasteiger charge is -2.03. The standard InChI is InChI=1S/C12H23NO/c1-3-4-5-6-7-8-9-10-12(2)13-11-14/h12H,3-10H2,1-2H3. The molecule has 0 aliphatic rings. The first-order chi connectivity index (χ1) is 6.81. The lowest BCUT2D eigenvalue weighted by molar-refractivity contribution is 0.534. The molecular formula is C12H23NO. The summed E-state index contributed by atoms with van der Waals surface area (Å²) in [5.41, 5.74) is 0. The van der Waals surface area contributed by atoms with Crippen molar-refractivity contribution in [3.8, 4) is 0 Å². The van der Waals surface area contributed by atoms with Gasteiger partial charge in [0.25, 0.3) is 0 Å². The first kappa shape index (κ1) is 13.4. The van der Waals surface area contributed by atoms with Crippen molar-refractivity contribution in [3.05, 3.63) is 0 Å². The fourth-order valence-electron chi connectivity index (χ4n) is 1.55. The SMILES string of the molecule is CCCCCCCCCC(C)N=C=O. The van der Waals surface area contributed by atoms with Gasteiger partial charge in [0.2, 0.25) is 6.08 Å². The number of hydrogen-bond donors (Lipinski definition) is 0. The van der Waals surface area contributed by atoms with Gasteiger partial charge in [0.1, 0.15) is 0 Å². The van der Waals surface area contributed by atoms with Crippen molar-refractivity contribution in [2.24, 2.45) is 4.99 Å². The van der Waals surface area contributed by atoms with Crippen molar-refractivity contribution in [3.63, 3.8) is 0 Å². The lowest BCUT2D eigenvalue weighted by atomic mass is 10.1. The Bertz CT molecular complexity index is 162. The number of hydrogen-bond acceptors (Lipinski definition) is 2. The molecule has 0 saturated carbocycles. The van der Waals surface area contributed by atoms with Crippen molar-refractivity contribution < 1.29 is 4.79 Å². The van der Waals surface area contributed by atoms with Crippen LogP contribution in [0, 0.1) is 0 Å². The summed E-state index contributed by atoms with van der Waals surface area (Å²) in [6, 6.07) is 0.170. The number of aliphatic imine (C=N–C) groups is 1. The van der Waals surface area contributed by atoms with E-state index in [-0.39, 0.29) is 6.04 Å². The van der Waals surface area contributed by atoms with Crippen LogP contribution in [0.1, 0.15) is 65.2 Å². The highest BCUT2D eigenvalue weighted by Crippen LogP contribution is 2.10. The van der Waals surface area contributed by atoms with Crippen LogP contribution in [0.5, 0.6) is 0 Å². The molecule has 1 atom stereocenters. The van der Waals surface area contributed by atoms with Gasteiger partial charge in [-0.3, -0.25) is 0 Å². The second kappa shape index (κ2) is 10.5. The monoisotopic (exact) mass is 197 g/mol. The lowest BCUT2D eigenvalue weighted by Crippen LogP contribution is -1.96. The third-order valence-electron chi connectivity index (χ3n) is 2.50. The van der Waals surface area contributed by atoms with Crippen molar-refractivity contribution >= 4 is 6.08 Å². The van der Waals surface area contributed by atoms with Gasteiger partial charge in [0.05, 0.1) is 6.04 Å². The van der Waals surface area contributed by atoms with Crippen LogP contribution in [-0.2, 0) is 4.79 Å². The van der Waals surface area contributed by atoms with E-state index < -0.39 is 0 Å². The summed E-state index contributed by atoms with van der Waals surface area (Å²) in [4.78, 5) is 13.6. The smallest absolute Gasteiger partial charge is 0.211 e. The van der Waals surface area contributed by atoms with Gasteiger partial charge in [-0.1, -0.05) is 51.9 Å². The Hall–Kier alpha value is -0.620. The summed E-state index contributed by atoms with van der Waals surface area (Å²) in [7, 11) is 0. The fourth-order valence-corrected chi connectivity index (χ4v) is 1.55. The zero-order valence-corrected chi connectivity index (χ0v) is 9.59. The molecule has 0 aromatic carbocycles. The summed E-state index contributed by atoms with van der Waals surface area (Å²) in [5.74, 6) is 0. The molecule has 0 heterocycles. The van der Waals surface area contributed by atoms with Gasteiger partial charge in [-0.2, -0.15) is 0 Å². The van der Waals surface area contributed by atoms with Crippen molar-refractivity contribution in [2.75, 3.05) is 0 Å². The maximum Gasteiger partial charge on any atom is 0.235 e. The second-order valence-electron chi connectivity index (χ2n) is 3.98. The van der Waals surface area contributed by atoms with E-state index in [1.54, 1.807) is 6.08 Å². The third kappa shape index (κ3) is 9.47. The molecule has 0 aromatic heterocycles. The molecule has 1 unspecified atom stereocenters. The molecule has 14 heavy (non-hydrogen) atoms. The van der Waals surface area contributed by atoms with Crippen molar-refractivity contribution in [1.82, 2.24) is 0 Å². The molecule has 0 aliphatic carbocycles. The number of carbonyl (C=O) groups excluding carboxylic acids is 1. The molecule has 0 aliphatic heterocycles. The predicted molar refractivity (Wildman–Crippen MR) is 60.2 cm³/mol. The highest BCUT2D eigenvalue weighted by Gasteiger charge is 1.97. The zero-order valence-electron chi connectivity index (χ0n) is 9.59. The summed E-state index contributed by atoms with van der Waals surface area (Å²) in [5, 5.41) is 0. The summed E-state index contributed by atoms with van der Waals surface area (Å²) < 4.78 is 0. The molecule has 2 heteroatoms. The topological polar surface area (TPSA) is 29.4 Å². The van der Waals surface area contributed by atoms with Crippen LogP contribution in [0.3, 0.4) is 0 Å². The van der Waals surface area contributed by atoms with Gasteiger partial charge in [-0.15, -0.1) is 0 Å². The van der Waals surface area contributed by atoms with Crippen molar-refractivity contribution in [2.45, 2.75) is 71.3 Å². The van der Waals surface area contributed by atoms with Crippen LogP contribution in [0.15, 0.2) is 4.99 Å². The number of rotatable bonds is 9. The van der Waals surface area contributed by atoms with Crippen LogP contribution in [0.25, 0.3) is 0 Å². The van der Waals surface area contributed by atoms with E-state index in [0.717, 1.165) is 6.42 Å². The number of isocyanates is 1. The van der Waals surface area contributed by atoms with Crippen LogP contribution < -0.4 is 0 Å². The molecule has 0 fully saturated rings. The molecule has 0 aromatic rings. The average molecular weight is 197 g/mol. The number of nitrogens with zero attached hydrogens (tertiary/aromatic N) is 1. The van der Waals surface area contributed by atoms with Crippen LogP contribution >= 0.6 is 0 Å². The summed E-state index contributed by atoms with van der Waals surface area (Å²) in [6.07, 6.45) is 11.9. The molecule has 0 radical (unpaired) electrons. The average Bonchev–Trinajstić information content (AvgIpc) is 2.17. The van der Waals surface area contributed by atoms with Gasteiger partial charge in [-0.25, -0.2) is 9.79 Å². The molecule has 82 valence electrons. The van der Waals surface area contributed by atoms with Crippen LogP contribution in [-0.4, -0.2) is 12.1 Å². The fraction of sp³-hybridized carbons (Fsp3) is 0.917. The second-order valence-corrected chi connectivity index (χ2v) is 3.98. The molecule has 0 N–H and O–H groups in total. The Morgan fingerprint density at radius 1 is 1.07 bits per heavy atom. The van der Waals surface area contributed by atoms with Gasteiger partial charge >= 0.3 is 0 Å². The van der Waals surface area contributed by atoms with E-state index in [9.17, 15) is 4.79 Å². The molecule has 0 rings (SSSR count). The normalized spacial score (nSPS) is 12.1. The van der Waals surface area contributed by atoms with E-state index in [0.29, 0.717) is 0 Å². The Kier molecular flexibility index (Phi) is 10.00. The Labute approximate surface area is 87.8 Å². The van der Waals surface area contributed by atoms with E-state index >= 15 is 0 Å². The van der Waals surface area contributed by atoms with Gasteiger partial charge < -0.3 is 0 Å². The molecule has 0 amide bonds. The first-order valence-corrected chi connectivity index (χ1v) is 5.88. The van der Waals surface area contributed by atoms with E-state index in [1.807, 2.05) is 6.92 Å². The van der Waals surface area contributed by atoms with Gasteiger partial charge in [-0.05, 0) is 13.3 Å². The summed E-state index contributed by atoms with van der Waals surface area (Å²) >= 11 is 0. The molecule has 2 nitrogen and oxygen atoms in total. The number of unbranched alkanes of at least 4 members (excludes halogenated alkanes) is 6. The quantitative estimate of drug-likeness (QED) is 0.313. The van der Waals surface area contributed by atoms with Gasteiger partial charge in [0, 0.05) is 0 Å². The van der Waals surface area contributed by atoms with E-state index in [2.05, 4.69) is 11.9 Å². The Morgan fingerprint density at radius 3 is 2.21 bits per heavy atom. The third-order valence-corrected chi connectivity index (χ3v) is 2.50. The van der Waals surface area contributed by atoms with Crippen LogP contribution in [0.2, 0.25) is 0 Å². The highest BCUT2D eigenvalue weighted by molar-refractivity contribution is 5.33. The first-order valence-electron chi connectivity index (χ1n) is 5.88. The molecule has 0 saturated heterocycles. The molecule has 0 bridgehead atoms. The van der Waals surface area contributed by atoms with Crippen molar-refractivity contribution in [1.29, 1.82) is 0 Å².